The van der Waals surface area contributed by atoms with Gasteiger partial charge in [0.05, 0.1) is 29.3 Å². The Morgan fingerprint density at radius 3 is 2.71 bits per heavy atom. The number of carbonyl (C=O) groups excluding carboxylic acids is 1. The average Bonchev–Trinajstić information content (AvgIpc) is 3.14. The molecule has 0 spiro atoms. The van der Waals surface area contributed by atoms with E-state index in [1.54, 1.807) is 31.7 Å². The number of rotatable bonds is 7. The number of aromatic nitrogens is 3. The van der Waals surface area contributed by atoms with Crippen molar-refractivity contribution < 1.29 is 13.7 Å². The van der Waals surface area contributed by atoms with Crippen molar-refractivity contribution >= 4 is 61.9 Å². The molecule has 0 bridgehead atoms. The molecule has 1 amide bonds. The fourth-order valence-electron chi connectivity index (χ4n) is 3.50. The maximum Gasteiger partial charge on any atom is 0.413 e. The van der Waals surface area contributed by atoms with Gasteiger partial charge in [-0.3, -0.25) is 14.5 Å². The summed E-state index contributed by atoms with van der Waals surface area (Å²) in [6.07, 6.45) is 10.7. The summed E-state index contributed by atoms with van der Waals surface area (Å²) in [5.41, 5.74) is 9.89. The Morgan fingerprint density at radius 1 is 1.38 bits per heavy atom. The first-order valence-electron chi connectivity index (χ1n) is 10.5. The number of methoxy groups -OCH3 is 1. The van der Waals surface area contributed by atoms with Crippen molar-refractivity contribution in [3.63, 3.8) is 0 Å². The Labute approximate surface area is 203 Å². The molecule has 3 N–H and O–H groups in total. The van der Waals surface area contributed by atoms with Crippen molar-refractivity contribution in [2.75, 3.05) is 25.2 Å². The molecular formula is C23H24N6O3S2. The lowest BCUT2D eigenvalue weighted by Crippen LogP contribution is -2.23. The van der Waals surface area contributed by atoms with E-state index in [1.165, 1.54) is 18.4 Å². The minimum Gasteiger partial charge on any atom is -0.453 e. The third-order valence-electron chi connectivity index (χ3n) is 5.43. The van der Waals surface area contributed by atoms with E-state index < -0.39 is 16.9 Å². The standard InChI is InChI=1S/C23H24N6O3S2/c1-4-6-13(10-25-2)16-9-17(14-11-26-22(27-12-14)29-23(30)32-3)28-20-18(16)19(24)21(33-20)34(31)15-7-5-8-15/h4,6,9-12,15H,1,5,7-8,24H2,2-3H3,(H,26,27,29,30)/b13-6+,25-10?. The number of carbonyl (C=O) groups is 1. The molecule has 176 valence electrons. The van der Waals surface area contributed by atoms with Crippen LogP contribution in [0.4, 0.5) is 16.4 Å². The van der Waals surface area contributed by atoms with E-state index in [9.17, 15) is 9.00 Å². The van der Waals surface area contributed by atoms with Gasteiger partial charge < -0.3 is 10.5 Å². The van der Waals surface area contributed by atoms with Crippen LogP contribution in [0.25, 0.3) is 27.0 Å². The monoisotopic (exact) mass is 496 g/mol. The number of anilines is 2. The van der Waals surface area contributed by atoms with Crippen molar-refractivity contribution in [2.24, 2.45) is 4.99 Å². The third kappa shape index (κ3) is 4.62. The van der Waals surface area contributed by atoms with E-state index in [0.717, 1.165) is 35.8 Å². The normalized spacial score (nSPS) is 15.3. The third-order valence-corrected chi connectivity index (χ3v) is 8.73. The fraction of sp³-hybridized carbons (Fsp3) is 0.261. The molecule has 0 saturated heterocycles. The number of nitrogen functional groups attached to an aromatic ring is 1. The number of hydrogen-bond donors (Lipinski definition) is 2. The van der Waals surface area contributed by atoms with Crippen molar-refractivity contribution in [3.8, 4) is 11.3 Å². The van der Waals surface area contributed by atoms with E-state index in [2.05, 4.69) is 31.6 Å². The van der Waals surface area contributed by atoms with Crippen LogP contribution in [0.5, 0.6) is 0 Å². The first-order valence-corrected chi connectivity index (χ1v) is 12.6. The van der Waals surface area contributed by atoms with Crippen LogP contribution in [0.2, 0.25) is 0 Å². The molecule has 1 aliphatic carbocycles. The zero-order valence-electron chi connectivity index (χ0n) is 18.8. The lowest BCUT2D eigenvalue weighted by Gasteiger charge is -2.23. The largest absolute Gasteiger partial charge is 0.453 e. The number of ether oxygens (including phenoxy) is 1. The minimum atomic E-state index is -1.17. The van der Waals surface area contributed by atoms with Crippen LogP contribution >= 0.6 is 11.3 Å². The highest BCUT2D eigenvalue weighted by Crippen LogP contribution is 2.43. The fourth-order valence-corrected chi connectivity index (χ4v) is 6.71. The second kappa shape index (κ2) is 10.2. The number of nitrogens with one attached hydrogen (secondary N) is 1. The van der Waals surface area contributed by atoms with Crippen molar-refractivity contribution in [1.29, 1.82) is 0 Å². The highest BCUT2D eigenvalue weighted by Gasteiger charge is 2.29. The predicted molar refractivity (Wildman–Crippen MR) is 138 cm³/mol. The predicted octanol–water partition coefficient (Wildman–Crippen LogP) is 4.44. The molecule has 0 radical (unpaired) electrons. The van der Waals surface area contributed by atoms with Gasteiger partial charge in [-0.1, -0.05) is 25.2 Å². The first kappa shape index (κ1) is 23.7. The van der Waals surface area contributed by atoms with E-state index in [4.69, 9.17) is 10.7 Å². The number of fused-ring (bicyclic) bond motifs is 1. The van der Waals surface area contributed by atoms with Crippen LogP contribution in [0.3, 0.4) is 0 Å². The molecule has 4 rings (SSSR count). The van der Waals surface area contributed by atoms with Gasteiger partial charge >= 0.3 is 6.09 Å². The summed E-state index contributed by atoms with van der Waals surface area (Å²) in [6, 6.07) is 1.88. The molecule has 0 aliphatic heterocycles. The number of thiophene rings is 1. The van der Waals surface area contributed by atoms with Gasteiger partial charge in [0.25, 0.3) is 0 Å². The van der Waals surface area contributed by atoms with Gasteiger partial charge in [0.15, 0.2) is 0 Å². The summed E-state index contributed by atoms with van der Waals surface area (Å²) in [5, 5.41) is 3.30. The number of nitrogens with two attached hydrogens (primary N) is 1. The lowest BCUT2D eigenvalue weighted by molar-refractivity contribution is 0.186. The number of allylic oxidation sites excluding steroid dienone is 3. The topological polar surface area (TPSA) is 132 Å². The average molecular weight is 497 g/mol. The Bertz CT molecular complexity index is 1330. The molecule has 1 unspecified atom stereocenters. The Hall–Kier alpha value is -3.44. The van der Waals surface area contributed by atoms with Crippen LogP contribution in [0, 0.1) is 0 Å². The highest BCUT2D eigenvalue weighted by molar-refractivity contribution is 7.88. The van der Waals surface area contributed by atoms with Crippen molar-refractivity contribution in [2.45, 2.75) is 28.7 Å². The summed E-state index contributed by atoms with van der Waals surface area (Å²) in [6.45, 7) is 3.81. The summed E-state index contributed by atoms with van der Waals surface area (Å²) in [4.78, 5) is 29.4. The first-order chi connectivity index (χ1) is 16.5. The van der Waals surface area contributed by atoms with Gasteiger partial charge in [0.2, 0.25) is 5.95 Å². The Kier molecular flexibility index (Phi) is 7.13. The molecule has 1 atom stereocenters. The van der Waals surface area contributed by atoms with Crippen LogP contribution in [0.15, 0.2) is 46.4 Å². The van der Waals surface area contributed by atoms with E-state index in [-0.39, 0.29) is 11.2 Å². The molecule has 34 heavy (non-hydrogen) atoms. The molecule has 3 aromatic heterocycles. The van der Waals surface area contributed by atoms with Crippen molar-refractivity contribution in [1.82, 2.24) is 15.0 Å². The van der Waals surface area contributed by atoms with Gasteiger partial charge in [0, 0.05) is 47.4 Å². The van der Waals surface area contributed by atoms with Gasteiger partial charge in [0.1, 0.15) is 9.04 Å². The summed E-state index contributed by atoms with van der Waals surface area (Å²) >= 11 is 1.35. The zero-order valence-corrected chi connectivity index (χ0v) is 20.4. The maximum atomic E-state index is 13.1. The van der Waals surface area contributed by atoms with Gasteiger partial charge in [-0.2, -0.15) is 0 Å². The van der Waals surface area contributed by atoms with E-state index in [1.807, 2.05) is 12.1 Å². The summed E-state index contributed by atoms with van der Waals surface area (Å²) < 4.78 is 18.4. The van der Waals surface area contributed by atoms with Crippen LogP contribution < -0.4 is 11.1 Å². The van der Waals surface area contributed by atoms with Gasteiger partial charge in [-0.25, -0.2) is 19.7 Å². The quantitative estimate of drug-likeness (QED) is 0.365. The molecule has 1 aliphatic rings. The Morgan fingerprint density at radius 2 is 2.12 bits per heavy atom. The molecule has 1 fully saturated rings. The zero-order chi connectivity index (χ0) is 24.2. The molecule has 9 nitrogen and oxygen atoms in total. The number of amides is 1. The SMILES string of the molecule is C=C/C=C(\C=NC)c1cc(-c2cnc(NC(=O)OC)nc2)nc2sc(S(=O)C3CCC3)c(N)c12. The number of hydrogen-bond acceptors (Lipinski definition) is 9. The van der Waals surface area contributed by atoms with E-state index in [0.29, 0.717) is 26.0 Å². The second-order valence-electron chi connectivity index (χ2n) is 7.55. The molecule has 1 saturated carbocycles. The molecule has 3 aromatic rings. The second-order valence-corrected chi connectivity index (χ2v) is 10.5. The smallest absolute Gasteiger partial charge is 0.413 e. The number of pyridine rings is 1. The molecule has 11 heteroatoms. The maximum absolute atomic E-state index is 13.1. The summed E-state index contributed by atoms with van der Waals surface area (Å²) in [7, 11) is 1.77. The van der Waals surface area contributed by atoms with E-state index >= 15 is 0 Å². The Balaban J connectivity index is 1.86. The number of nitrogens with zero attached hydrogens (tertiary/aromatic N) is 4. The van der Waals surface area contributed by atoms with Crippen LogP contribution in [0.1, 0.15) is 24.8 Å². The van der Waals surface area contributed by atoms with Crippen molar-refractivity contribution in [3.05, 3.63) is 42.8 Å². The van der Waals surface area contributed by atoms with Crippen LogP contribution in [-0.4, -0.2) is 50.9 Å². The molecule has 0 aromatic carbocycles. The summed E-state index contributed by atoms with van der Waals surface area (Å²) in [5.74, 6) is 0.112. The molecular weight excluding hydrogens is 472 g/mol. The van der Waals surface area contributed by atoms with Gasteiger partial charge in [-0.05, 0) is 24.5 Å². The lowest BCUT2D eigenvalue weighted by atomic mass is 10.00. The van der Waals surface area contributed by atoms with Crippen LogP contribution in [-0.2, 0) is 15.5 Å². The number of aliphatic imine (C=N–C) groups is 1. The molecule has 3 heterocycles. The minimum absolute atomic E-state index is 0.112. The van der Waals surface area contributed by atoms with Gasteiger partial charge in [-0.15, -0.1) is 11.3 Å². The highest BCUT2D eigenvalue weighted by atomic mass is 32.2.